The minimum absolute atomic E-state index is 0.0930. The Morgan fingerprint density at radius 2 is 1.93 bits per heavy atom. The summed E-state index contributed by atoms with van der Waals surface area (Å²) in [6.45, 7) is 3.05. The Morgan fingerprint density at radius 3 is 2.70 bits per heavy atom. The number of benzene rings is 2. The summed E-state index contributed by atoms with van der Waals surface area (Å²) in [5.74, 6) is -0.984. The third kappa shape index (κ3) is 5.79. The summed E-state index contributed by atoms with van der Waals surface area (Å²) >= 11 is 5.98. The number of nitrogens with one attached hydrogen (secondary N) is 2. The SMILES string of the molecule is C[C@H](CNc1cccc(-c2cnccc2C(=O)O)c1)NC[C@H](O)c1cccc(Cl)c1. The highest BCUT2D eigenvalue weighted by atomic mass is 35.5. The fourth-order valence-electron chi connectivity index (χ4n) is 3.10. The van der Waals surface area contributed by atoms with Crippen molar-refractivity contribution in [2.45, 2.75) is 19.1 Å². The molecular formula is C23H24ClN3O3. The van der Waals surface area contributed by atoms with Gasteiger partial charge < -0.3 is 20.8 Å². The minimum atomic E-state index is -0.984. The summed E-state index contributed by atoms with van der Waals surface area (Å²) in [6.07, 6.45) is 2.39. The Labute approximate surface area is 180 Å². The summed E-state index contributed by atoms with van der Waals surface area (Å²) in [5.41, 5.74) is 3.21. The van der Waals surface area contributed by atoms with E-state index in [1.54, 1.807) is 18.3 Å². The standard InChI is InChI=1S/C23H24ClN3O3/c1-15(26-14-22(28)17-5-2-6-18(24)10-17)12-27-19-7-3-4-16(11-19)21-13-25-9-8-20(21)23(29)30/h2-11,13,15,22,26-28H,12,14H2,1H3,(H,29,30)/t15-,22+/m1/s1. The smallest absolute Gasteiger partial charge is 0.336 e. The van der Waals surface area contributed by atoms with Gasteiger partial charge in [0.05, 0.1) is 11.7 Å². The summed E-state index contributed by atoms with van der Waals surface area (Å²) in [4.78, 5) is 15.5. The first kappa shape index (κ1) is 21.8. The molecule has 0 saturated heterocycles. The predicted octanol–water partition coefficient (Wildman–Crippen LogP) is 4.22. The maximum absolute atomic E-state index is 11.5. The summed E-state index contributed by atoms with van der Waals surface area (Å²) in [6, 6.07) is 16.3. The van der Waals surface area contributed by atoms with Crippen molar-refractivity contribution < 1.29 is 15.0 Å². The number of nitrogens with zero attached hydrogens (tertiary/aromatic N) is 1. The van der Waals surface area contributed by atoms with Crippen LogP contribution >= 0.6 is 11.6 Å². The van der Waals surface area contributed by atoms with Crippen LogP contribution in [0.4, 0.5) is 5.69 Å². The number of rotatable bonds is 9. The lowest BCUT2D eigenvalue weighted by atomic mass is 10.0. The highest BCUT2D eigenvalue weighted by Crippen LogP contribution is 2.25. The molecule has 0 aliphatic rings. The van der Waals surface area contributed by atoms with Crippen LogP contribution in [0.1, 0.15) is 28.9 Å². The van der Waals surface area contributed by atoms with Crippen molar-refractivity contribution in [2.24, 2.45) is 0 Å². The van der Waals surface area contributed by atoms with Crippen LogP contribution in [0.25, 0.3) is 11.1 Å². The number of aliphatic hydroxyl groups excluding tert-OH is 1. The van der Waals surface area contributed by atoms with Crippen molar-refractivity contribution in [3.63, 3.8) is 0 Å². The van der Waals surface area contributed by atoms with Crippen molar-refractivity contribution in [3.8, 4) is 11.1 Å². The second-order valence-corrected chi connectivity index (χ2v) is 7.50. The molecule has 0 saturated carbocycles. The van der Waals surface area contributed by atoms with E-state index in [2.05, 4.69) is 15.6 Å². The van der Waals surface area contributed by atoms with Crippen molar-refractivity contribution in [2.75, 3.05) is 18.4 Å². The number of aromatic carboxylic acids is 1. The fraction of sp³-hybridized carbons (Fsp3) is 0.217. The monoisotopic (exact) mass is 425 g/mol. The second kappa shape index (κ2) is 10.2. The molecule has 2 aromatic carbocycles. The van der Waals surface area contributed by atoms with Crippen LogP contribution in [-0.2, 0) is 0 Å². The van der Waals surface area contributed by atoms with E-state index in [4.69, 9.17) is 11.6 Å². The zero-order valence-corrected chi connectivity index (χ0v) is 17.3. The molecule has 1 heterocycles. The quantitative estimate of drug-likeness (QED) is 0.410. The summed E-state index contributed by atoms with van der Waals surface area (Å²) < 4.78 is 0. The molecule has 3 aromatic rings. The van der Waals surface area contributed by atoms with Crippen LogP contribution in [0.3, 0.4) is 0 Å². The van der Waals surface area contributed by atoms with Crippen LogP contribution in [0.2, 0.25) is 5.02 Å². The highest BCUT2D eigenvalue weighted by molar-refractivity contribution is 6.30. The summed E-state index contributed by atoms with van der Waals surface area (Å²) in [5, 5.41) is 26.9. The molecular weight excluding hydrogens is 402 g/mol. The Hall–Kier alpha value is -2.93. The molecule has 1 aromatic heterocycles. The van der Waals surface area contributed by atoms with Gasteiger partial charge in [-0.3, -0.25) is 4.98 Å². The third-order valence-electron chi connectivity index (χ3n) is 4.73. The maximum Gasteiger partial charge on any atom is 0.336 e. The number of carboxylic acid groups (broad SMARTS) is 1. The number of carbonyl (C=O) groups is 1. The van der Waals surface area contributed by atoms with Gasteiger partial charge in [0.2, 0.25) is 0 Å². The number of pyridine rings is 1. The van der Waals surface area contributed by atoms with Crippen molar-refractivity contribution in [3.05, 3.63) is 83.1 Å². The minimum Gasteiger partial charge on any atom is -0.478 e. The number of hydrogen-bond acceptors (Lipinski definition) is 5. The van der Waals surface area contributed by atoms with Gasteiger partial charge in [0.1, 0.15) is 0 Å². The van der Waals surface area contributed by atoms with Gasteiger partial charge in [-0.15, -0.1) is 0 Å². The van der Waals surface area contributed by atoms with Gasteiger partial charge in [0.25, 0.3) is 0 Å². The normalized spacial score (nSPS) is 12.9. The molecule has 2 atom stereocenters. The largest absolute Gasteiger partial charge is 0.478 e. The first-order chi connectivity index (χ1) is 14.4. The third-order valence-corrected chi connectivity index (χ3v) is 4.97. The van der Waals surface area contributed by atoms with Gasteiger partial charge in [-0.05, 0) is 48.4 Å². The summed E-state index contributed by atoms with van der Waals surface area (Å²) in [7, 11) is 0. The molecule has 0 unspecified atom stereocenters. The van der Waals surface area contributed by atoms with E-state index in [0.29, 0.717) is 23.7 Å². The van der Waals surface area contributed by atoms with E-state index in [9.17, 15) is 15.0 Å². The Morgan fingerprint density at radius 1 is 1.13 bits per heavy atom. The van der Waals surface area contributed by atoms with E-state index in [1.807, 2.05) is 43.3 Å². The zero-order valence-electron chi connectivity index (χ0n) is 16.5. The predicted molar refractivity (Wildman–Crippen MR) is 119 cm³/mol. The maximum atomic E-state index is 11.5. The van der Waals surface area contributed by atoms with Gasteiger partial charge in [-0.25, -0.2) is 4.79 Å². The lowest BCUT2D eigenvalue weighted by Gasteiger charge is -2.19. The second-order valence-electron chi connectivity index (χ2n) is 7.07. The van der Waals surface area contributed by atoms with Gasteiger partial charge in [-0.2, -0.15) is 0 Å². The topological polar surface area (TPSA) is 94.5 Å². The van der Waals surface area contributed by atoms with Crippen molar-refractivity contribution in [1.29, 1.82) is 0 Å². The molecule has 7 heteroatoms. The molecule has 156 valence electrons. The molecule has 0 aliphatic carbocycles. The molecule has 0 bridgehead atoms. The number of anilines is 1. The average molecular weight is 426 g/mol. The highest BCUT2D eigenvalue weighted by Gasteiger charge is 2.13. The van der Waals surface area contributed by atoms with E-state index >= 15 is 0 Å². The first-order valence-corrected chi connectivity index (χ1v) is 10.0. The fourth-order valence-corrected chi connectivity index (χ4v) is 3.29. The van der Waals surface area contributed by atoms with Gasteiger partial charge in [0.15, 0.2) is 0 Å². The molecule has 3 rings (SSSR count). The van der Waals surface area contributed by atoms with E-state index in [-0.39, 0.29) is 11.6 Å². The van der Waals surface area contributed by atoms with Crippen LogP contribution in [0.15, 0.2) is 67.0 Å². The van der Waals surface area contributed by atoms with Gasteiger partial charge >= 0.3 is 5.97 Å². The lowest BCUT2D eigenvalue weighted by molar-refractivity contribution is 0.0697. The van der Waals surface area contributed by atoms with Gasteiger partial charge in [-0.1, -0.05) is 35.9 Å². The van der Waals surface area contributed by atoms with E-state index in [0.717, 1.165) is 16.8 Å². The molecule has 0 amide bonds. The average Bonchev–Trinajstić information content (AvgIpc) is 2.76. The van der Waals surface area contributed by atoms with Crippen LogP contribution in [0.5, 0.6) is 0 Å². The molecule has 0 radical (unpaired) electrons. The Kier molecular flexibility index (Phi) is 7.41. The number of aliphatic hydroxyl groups is 1. The van der Waals surface area contributed by atoms with Crippen LogP contribution < -0.4 is 10.6 Å². The molecule has 6 nitrogen and oxygen atoms in total. The molecule has 0 aliphatic heterocycles. The first-order valence-electron chi connectivity index (χ1n) is 9.62. The van der Waals surface area contributed by atoms with Crippen LogP contribution in [0, 0.1) is 0 Å². The number of aromatic nitrogens is 1. The number of carboxylic acids is 1. The lowest BCUT2D eigenvalue weighted by Crippen LogP contribution is -2.35. The Balaban J connectivity index is 1.57. The molecule has 4 N–H and O–H groups in total. The molecule has 0 spiro atoms. The number of halogens is 1. The van der Waals surface area contributed by atoms with Crippen molar-refractivity contribution >= 4 is 23.3 Å². The van der Waals surface area contributed by atoms with Crippen LogP contribution in [-0.4, -0.2) is 40.3 Å². The van der Waals surface area contributed by atoms with E-state index < -0.39 is 12.1 Å². The van der Waals surface area contributed by atoms with Gasteiger partial charge in [0, 0.05) is 47.8 Å². The molecule has 0 fully saturated rings. The number of hydrogen-bond donors (Lipinski definition) is 4. The van der Waals surface area contributed by atoms with Crippen molar-refractivity contribution in [1.82, 2.24) is 10.3 Å². The molecule has 30 heavy (non-hydrogen) atoms. The Bertz CT molecular complexity index is 1010. The zero-order chi connectivity index (χ0) is 21.5. The van der Waals surface area contributed by atoms with E-state index in [1.165, 1.54) is 12.3 Å².